The van der Waals surface area contributed by atoms with Gasteiger partial charge in [0, 0.05) is 26.4 Å². The predicted molar refractivity (Wildman–Crippen MR) is 123 cm³/mol. The van der Waals surface area contributed by atoms with E-state index >= 15 is 0 Å². The molecule has 0 unspecified atom stereocenters. The molecule has 1 aliphatic heterocycles. The highest BCUT2D eigenvalue weighted by Crippen LogP contribution is 2.24. The Bertz CT molecular complexity index is 1070. The first kappa shape index (κ1) is 24.8. The largest absolute Gasteiger partial charge is 0.370 e. The Labute approximate surface area is 198 Å². The highest BCUT2D eigenvalue weighted by atomic mass is 32.1. The third-order valence-electron chi connectivity index (χ3n) is 5.33. The first-order valence-electron chi connectivity index (χ1n) is 10.5. The molecule has 5 N–H and O–H groups in total. The molecule has 13 nitrogen and oxygen atoms in total. The second kappa shape index (κ2) is 10.9. The molecule has 0 bridgehead atoms. The summed E-state index contributed by atoms with van der Waals surface area (Å²) < 4.78 is 0.826. The number of thiazole rings is 1. The molecule has 34 heavy (non-hydrogen) atoms. The highest BCUT2D eigenvalue weighted by molar-refractivity contribution is 7.20. The van der Waals surface area contributed by atoms with Gasteiger partial charge in [0.05, 0.1) is 16.3 Å². The zero-order valence-electron chi connectivity index (χ0n) is 18.4. The maximum atomic E-state index is 13.3. The summed E-state index contributed by atoms with van der Waals surface area (Å²) in [5.41, 5.74) is 5.95. The van der Waals surface area contributed by atoms with Gasteiger partial charge in [-0.1, -0.05) is 12.1 Å². The highest BCUT2D eigenvalue weighted by Gasteiger charge is 2.41. The third-order valence-corrected chi connectivity index (χ3v) is 6.38. The number of Topliss-reactive ketones (excluding diaryl/α,β-unsaturated/α-hetero) is 1. The Morgan fingerprint density at radius 2 is 2.15 bits per heavy atom. The van der Waals surface area contributed by atoms with Crippen LogP contribution in [0.3, 0.4) is 0 Å². The lowest BCUT2D eigenvalue weighted by atomic mass is 10.1. The standard InChI is InChI=1S/C20H25N7O6S/c1-11(28)26-10-12(33-27(31)32)9-15(26)18(30)24-14(6-4-8-23-20(21)22)17(29)19-25-13-5-2-3-7-16(13)34-19/h2-3,5,7,12,14-15H,4,6,8-10H2,1H3,(H,24,30)(H4,21,22,23)/t12-,14-,15+/m1/s1. The topological polar surface area (TPSA) is 194 Å². The van der Waals surface area contributed by atoms with Gasteiger partial charge < -0.3 is 26.1 Å². The van der Waals surface area contributed by atoms with Crippen molar-refractivity contribution in [3.05, 3.63) is 39.4 Å². The van der Waals surface area contributed by atoms with Gasteiger partial charge in [0.1, 0.15) is 12.1 Å². The Morgan fingerprint density at radius 3 is 2.79 bits per heavy atom. The van der Waals surface area contributed by atoms with E-state index in [-0.39, 0.29) is 36.1 Å². The fourth-order valence-corrected chi connectivity index (χ4v) is 4.74. The van der Waals surface area contributed by atoms with Gasteiger partial charge in [-0.3, -0.25) is 19.8 Å². The first-order valence-corrected chi connectivity index (χ1v) is 11.3. The van der Waals surface area contributed by atoms with Crippen LogP contribution in [0.15, 0.2) is 24.3 Å². The minimum Gasteiger partial charge on any atom is -0.370 e. The van der Waals surface area contributed by atoms with E-state index in [1.807, 2.05) is 18.2 Å². The number of hydrogen-bond acceptors (Lipinski definition) is 9. The molecule has 0 radical (unpaired) electrons. The number of nitrogens with one attached hydrogen (secondary N) is 3. The Hall–Kier alpha value is -3.81. The molecule has 2 amide bonds. The van der Waals surface area contributed by atoms with Crippen molar-refractivity contribution in [1.82, 2.24) is 20.5 Å². The minimum atomic E-state index is -1.01. The maximum absolute atomic E-state index is 13.3. The zero-order chi connectivity index (χ0) is 24.8. The molecule has 14 heteroatoms. The SMILES string of the molecule is CC(=O)N1C[C@H](O[N+](=O)[O-])C[C@H]1C(=O)N[C@H](CCCNC(=N)N)C(=O)c1nc2ccccc2s1. The number of rotatable bonds is 10. The smallest absolute Gasteiger partial charge is 0.294 e. The number of fused-ring (bicyclic) bond motifs is 1. The number of ketones is 1. The monoisotopic (exact) mass is 491 g/mol. The number of guanidine groups is 1. The van der Waals surface area contributed by atoms with Gasteiger partial charge in [-0.15, -0.1) is 21.5 Å². The van der Waals surface area contributed by atoms with Crippen LogP contribution in [0.4, 0.5) is 0 Å². The van der Waals surface area contributed by atoms with Crippen molar-refractivity contribution in [3.63, 3.8) is 0 Å². The van der Waals surface area contributed by atoms with Crippen molar-refractivity contribution in [1.29, 1.82) is 5.41 Å². The summed E-state index contributed by atoms with van der Waals surface area (Å²) >= 11 is 1.21. The summed E-state index contributed by atoms with van der Waals surface area (Å²) in [5.74, 6) is -1.64. The number of nitrogens with two attached hydrogens (primary N) is 1. The van der Waals surface area contributed by atoms with E-state index in [2.05, 4.69) is 20.5 Å². The van der Waals surface area contributed by atoms with Crippen LogP contribution in [0.2, 0.25) is 0 Å². The van der Waals surface area contributed by atoms with Crippen LogP contribution in [0.5, 0.6) is 0 Å². The molecule has 3 rings (SSSR count). The lowest BCUT2D eigenvalue weighted by molar-refractivity contribution is -0.767. The van der Waals surface area contributed by atoms with Crippen LogP contribution in [-0.4, -0.2) is 69.8 Å². The number of hydrogen-bond donors (Lipinski definition) is 4. The fourth-order valence-electron chi connectivity index (χ4n) is 3.78. The van der Waals surface area contributed by atoms with Crippen molar-refractivity contribution in [2.24, 2.45) is 5.73 Å². The van der Waals surface area contributed by atoms with Crippen LogP contribution >= 0.6 is 11.3 Å². The average Bonchev–Trinajstić information content (AvgIpc) is 3.39. The van der Waals surface area contributed by atoms with Crippen molar-refractivity contribution >= 4 is 45.1 Å². The molecule has 0 saturated carbocycles. The molecule has 1 aromatic heterocycles. The summed E-state index contributed by atoms with van der Waals surface area (Å²) in [6, 6.07) is 5.30. The second-order valence-corrected chi connectivity index (χ2v) is 8.80. The van der Waals surface area contributed by atoms with E-state index in [1.54, 1.807) is 6.07 Å². The number of para-hydroxylation sites is 1. The Balaban J connectivity index is 1.77. The fraction of sp³-hybridized carbons (Fsp3) is 0.450. The van der Waals surface area contributed by atoms with E-state index in [9.17, 15) is 24.5 Å². The van der Waals surface area contributed by atoms with Gasteiger partial charge in [-0.25, -0.2) is 4.98 Å². The summed E-state index contributed by atoms with van der Waals surface area (Å²) in [6.07, 6.45) is -0.370. The van der Waals surface area contributed by atoms with E-state index in [0.717, 1.165) is 4.70 Å². The van der Waals surface area contributed by atoms with Crippen LogP contribution in [0.25, 0.3) is 10.2 Å². The molecule has 1 saturated heterocycles. The zero-order valence-corrected chi connectivity index (χ0v) is 19.2. The molecule has 2 aromatic rings. The number of likely N-dealkylation sites (tertiary alicyclic amines) is 1. The molecule has 1 fully saturated rings. The maximum Gasteiger partial charge on any atom is 0.294 e. The summed E-state index contributed by atoms with van der Waals surface area (Å²) in [5, 5.41) is 22.6. The Kier molecular flexibility index (Phi) is 7.94. The van der Waals surface area contributed by atoms with E-state index < -0.39 is 35.1 Å². The van der Waals surface area contributed by atoms with Crippen molar-refractivity contribution in [2.75, 3.05) is 13.1 Å². The number of amides is 2. The predicted octanol–water partition coefficient (Wildman–Crippen LogP) is 0.425. The molecule has 1 aliphatic rings. The first-order chi connectivity index (χ1) is 16.2. The van der Waals surface area contributed by atoms with Gasteiger partial charge in [-0.05, 0) is 25.0 Å². The number of carbonyl (C=O) groups is 3. The summed E-state index contributed by atoms with van der Waals surface area (Å²) in [4.78, 5) is 59.2. The number of nitrogens with zero attached hydrogens (tertiary/aromatic N) is 3. The van der Waals surface area contributed by atoms with Gasteiger partial charge in [0.2, 0.25) is 17.6 Å². The molecule has 2 heterocycles. The molecular weight excluding hydrogens is 466 g/mol. The van der Waals surface area contributed by atoms with Crippen LogP contribution in [0.1, 0.15) is 36.0 Å². The average molecular weight is 492 g/mol. The van der Waals surface area contributed by atoms with Crippen molar-refractivity contribution in [2.45, 2.75) is 44.4 Å². The summed E-state index contributed by atoms with van der Waals surface area (Å²) in [6.45, 7) is 1.47. The molecule has 3 atom stereocenters. The lowest BCUT2D eigenvalue weighted by Crippen LogP contribution is -2.50. The number of benzene rings is 1. The van der Waals surface area contributed by atoms with Crippen LogP contribution < -0.4 is 16.4 Å². The molecule has 0 aliphatic carbocycles. The third kappa shape index (κ3) is 6.15. The number of carbonyl (C=O) groups excluding carboxylic acids is 3. The van der Waals surface area contributed by atoms with Gasteiger partial charge in [0.25, 0.3) is 5.09 Å². The molecule has 1 aromatic carbocycles. The minimum absolute atomic E-state index is 0.0691. The van der Waals surface area contributed by atoms with Gasteiger partial charge in [0.15, 0.2) is 11.0 Å². The molecule has 0 spiro atoms. The quantitative estimate of drug-likeness (QED) is 0.0910. The van der Waals surface area contributed by atoms with E-state index in [0.29, 0.717) is 18.5 Å². The van der Waals surface area contributed by atoms with Crippen molar-refractivity contribution in [3.8, 4) is 0 Å². The molecular formula is C20H25N7O6S. The van der Waals surface area contributed by atoms with E-state index in [4.69, 9.17) is 11.1 Å². The van der Waals surface area contributed by atoms with Crippen LogP contribution in [0, 0.1) is 15.5 Å². The summed E-state index contributed by atoms with van der Waals surface area (Å²) in [7, 11) is 0. The molecule has 182 valence electrons. The van der Waals surface area contributed by atoms with Gasteiger partial charge >= 0.3 is 0 Å². The second-order valence-electron chi connectivity index (χ2n) is 7.77. The Morgan fingerprint density at radius 1 is 1.41 bits per heavy atom. The lowest BCUT2D eigenvalue weighted by Gasteiger charge is -2.25. The normalized spacial score (nSPS) is 18.3. The number of aromatic nitrogens is 1. The van der Waals surface area contributed by atoms with Gasteiger partial charge in [-0.2, -0.15) is 0 Å². The van der Waals surface area contributed by atoms with Crippen molar-refractivity contribution < 1.29 is 24.3 Å². The van der Waals surface area contributed by atoms with Crippen LogP contribution in [-0.2, 0) is 14.4 Å². The van der Waals surface area contributed by atoms with E-state index in [1.165, 1.54) is 23.2 Å².